The number of nitrogens with one attached hydrogen (secondary N) is 2. The van der Waals surface area contributed by atoms with Crippen molar-refractivity contribution in [1.82, 2.24) is 15.2 Å². The smallest absolute Gasteiger partial charge is 0.250 e. The molecule has 0 unspecified atom stereocenters. The van der Waals surface area contributed by atoms with Gasteiger partial charge >= 0.3 is 0 Å². The molecule has 1 aromatic carbocycles. The van der Waals surface area contributed by atoms with Gasteiger partial charge in [-0.15, -0.1) is 0 Å². The van der Waals surface area contributed by atoms with Gasteiger partial charge in [-0.2, -0.15) is 0 Å². The summed E-state index contributed by atoms with van der Waals surface area (Å²) >= 11 is 0. The maximum Gasteiger partial charge on any atom is 0.250 e. The van der Waals surface area contributed by atoms with E-state index in [1.54, 1.807) is 23.7 Å². The van der Waals surface area contributed by atoms with E-state index < -0.39 is 0 Å². The summed E-state index contributed by atoms with van der Waals surface area (Å²) < 4.78 is 7.41. The number of benzene rings is 1. The zero-order valence-electron chi connectivity index (χ0n) is 15.6. The fourth-order valence-corrected chi connectivity index (χ4v) is 2.45. The lowest BCUT2D eigenvalue weighted by Crippen LogP contribution is -2.39. The summed E-state index contributed by atoms with van der Waals surface area (Å²) in [6.07, 6.45) is 3.72. The monoisotopic (exact) mass is 356 g/mol. The van der Waals surface area contributed by atoms with Crippen molar-refractivity contribution in [2.75, 3.05) is 26.7 Å². The molecule has 1 aromatic heterocycles. The molecule has 0 radical (unpaired) electrons. The molecule has 2 aromatic rings. The van der Waals surface area contributed by atoms with Crippen LogP contribution in [0.25, 0.3) is 0 Å². The highest BCUT2D eigenvalue weighted by atomic mass is 16.5. The third-order valence-corrected chi connectivity index (χ3v) is 3.93. The van der Waals surface area contributed by atoms with Crippen molar-refractivity contribution >= 4 is 5.96 Å². The molecule has 6 heteroatoms. The van der Waals surface area contributed by atoms with Crippen molar-refractivity contribution < 1.29 is 4.74 Å². The molecule has 140 valence electrons. The van der Waals surface area contributed by atoms with Crippen LogP contribution in [0.15, 0.2) is 58.4 Å². The van der Waals surface area contributed by atoms with Crippen molar-refractivity contribution in [3.05, 3.63) is 64.6 Å². The summed E-state index contributed by atoms with van der Waals surface area (Å²) in [5, 5.41) is 6.50. The van der Waals surface area contributed by atoms with E-state index in [0.29, 0.717) is 13.2 Å². The van der Waals surface area contributed by atoms with E-state index in [9.17, 15) is 4.79 Å². The SMILES string of the molecule is CN=C(NCCCCn1ccccc1=O)NCCOc1ccc(C)cc1. The van der Waals surface area contributed by atoms with E-state index in [-0.39, 0.29) is 5.56 Å². The molecule has 0 atom stereocenters. The molecule has 2 N–H and O–H groups in total. The minimum atomic E-state index is 0.0477. The fourth-order valence-electron chi connectivity index (χ4n) is 2.45. The zero-order chi connectivity index (χ0) is 18.6. The van der Waals surface area contributed by atoms with Crippen LogP contribution in [0.1, 0.15) is 18.4 Å². The first-order valence-electron chi connectivity index (χ1n) is 8.98. The Bertz CT molecular complexity index is 738. The summed E-state index contributed by atoms with van der Waals surface area (Å²) in [6.45, 7) is 4.84. The summed E-state index contributed by atoms with van der Waals surface area (Å²) in [5.74, 6) is 1.63. The maximum atomic E-state index is 11.6. The van der Waals surface area contributed by atoms with Crippen LogP contribution in [0, 0.1) is 6.92 Å². The molecule has 0 aliphatic heterocycles. The summed E-state index contributed by atoms with van der Waals surface area (Å²) in [7, 11) is 1.75. The molecule has 0 aliphatic rings. The third kappa shape index (κ3) is 7.01. The predicted octanol–water partition coefficient (Wildman–Crippen LogP) is 2.18. The first-order chi connectivity index (χ1) is 12.7. The highest BCUT2D eigenvalue weighted by Crippen LogP contribution is 2.10. The lowest BCUT2D eigenvalue weighted by Gasteiger charge is -2.12. The molecule has 0 amide bonds. The van der Waals surface area contributed by atoms with Crippen LogP contribution >= 0.6 is 0 Å². The Morgan fingerprint density at radius 2 is 1.85 bits per heavy atom. The molecule has 0 aliphatic carbocycles. The molecular weight excluding hydrogens is 328 g/mol. The summed E-state index contributed by atoms with van der Waals surface area (Å²) in [4.78, 5) is 15.8. The van der Waals surface area contributed by atoms with Gasteiger partial charge in [0.25, 0.3) is 0 Å². The summed E-state index contributed by atoms with van der Waals surface area (Å²) in [5.41, 5.74) is 1.27. The van der Waals surface area contributed by atoms with Gasteiger partial charge in [-0.1, -0.05) is 23.8 Å². The Morgan fingerprint density at radius 3 is 2.58 bits per heavy atom. The van der Waals surface area contributed by atoms with E-state index >= 15 is 0 Å². The van der Waals surface area contributed by atoms with Crippen LogP contribution in [-0.4, -0.2) is 37.3 Å². The Hall–Kier alpha value is -2.76. The number of pyridine rings is 1. The van der Waals surface area contributed by atoms with Crippen LogP contribution in [0.3, 0.4) is 0 Å². The number of aromatic nitrogens is 1. The average Bonchev–Trinajstić information content (AvgIpc) is 2.66. The molecule has 0 fully saturated rings. The van der Waals surface area contributed by atoms with Gasteiger partial charge in [0.1, 0.15) is 12.4 Å². The van der Waals surface area contributed by atoms with Gasteiger partial charge in [-0.25, -0.2) is 0 Å². The molecule has 26 heavy (non-hydrogen) atoms. The molecule has 2 rings (SSSR count). The lowest BCUT2D eigenvalue weighted by atomic mass is 10.2. The lowest BCUT2D eigenvalue weighted by molar-refractivity contribution is 0.322. The van der Waals surface area contributed by atoms with E-state index in [1.165, 1.54) is 5.56 Å². The average molecular weight is 356 g/mol. The third-order valence-electron chi connectivity index (χ3n) is 3.93. The molecule has 1 heterocycles. The van der Waals surface area contributed by atoms with Crippen LogP contribution in [0.5, 0.6) is 5.75 Å². The number of aryl methyl sites for hydroxylation is 2. The summed E-state index contributed by atoms with van der Waals surface area (Å²) in [6, 6.07) is 13.2. The van der Waals surface area contributed by atoms with Crippen LogP contribution in [-0.2, 0) is 6.54 Å². The highest BCUT2D eigenvalue weighted by Gasteiger charge is 1.99. The van der Waals surface area contributed by atoms with Gasteiger partial charge in [0.2, 0.25) is 5.56 Å². The number of unbranched alkanes of at least 4 members (excludes halogenated alkanes) is 1. The molecule has 0 bridgehead atoms. The number of ether oxygens (including phenoxy) is 1. The number of hydrogen-bond acceptors (Lipinski definition) is 3. The van der Waals surface area contributed by atoms with E-state index in [4.69, 9.17) is 4.74 Å². The zero-order valence-corrected chi connectivity index (χ0v) is 15.6. The standard InChI is InChI=1S/C20H28N4O2/c1-17-8-10-18(11-9-17)26-16-13-23-20(21-2)22-12-4-6-15-24-14-5-3-7-19(24)25/h3,5,7-11,14H,4,6,12-13,15-16H2,1-2H3,(H2,21,22,23). The largest absolute Gasteiger partial charge is 0.492 e. The Labute approximate surface area is 154 Å². The number of nitrogens with zero attached hydrogens (tertiary/aromatic N) is 2. The number of guanidine groups is 1. The molecular formula is C20H28N4O2. The number of hydrogen-bond donors (Lipinski definition) is 2. The van der Waals surface area contributed by atoms with Crippen molar-refractivity contribution in [2.45, 2.75) is 26.3 Å². The highest BCUT2D eigenvalue weighted by molar-refractivity contribution is 5.79. The molecule has 0 spiro atoms. The van der Waals surface area contributed by atoms with Crippen molar-refractivity contribution in [2.24, 2.45) is 4.99 Å². The van der Waals surface area contributed by atoms with Crippen molar-refractivity contribution in [1.29, 1.82) is 0 Å². The van der Waals surface area contributed by atoms with Gasteiger partial charge in [0.15, 0.2) is 5.96 Å². The minimum absolute atomic E-state index is 0.0477. The first-order valence-corrected chi connectivity index (χ1v) is 8.98. The topological polar surface area (TPSA) is 67.7 Å². The molecule has 6 nitrogen and oxygen atoms in total. The molecule has 0 saturated carbocycles. The van der Waals surface area contributed by atoms with Crippen molar-refractivity contribution in [3.63, 3.8) is 0 Å². The van der Waals surface area contributed by atoms with Gasteiger partial charge in [-0.3, -0.25) is 9.79 Å². The second-order valence-corrected chi connectivity index (χ2v) is 6.03. The fraction of sp³-hybridized carbons (Fsp3) is 0.400. The number of aliphatic imine (C=N–C) groups is 1. The Balaban J connectivity index is 1.57. The van der Waals surface area contributed by atoms with Gasteiger partial charge in [-0.05, 0) is 38.0 Å². The van der Waals surface area contributed by atoms with Gasteiger partial charge in [0.05, 0.1) is 6.54 Å². The first kappa shape index (κ1) is 19.6. The normalized spacial score (nSPS) is 11.2. The van der Waals surface area contributed by atoms with Crippen molar-refractivity contribution in [3.8, 4) is 5.75 Å². The second kappa shape index (κ2) is 11.0. The minimum Gasteiger partial charge on any atom is -0.492 e. The van der Waals surface area contributed by atoms with E-state index in [2.05, 4.69) is 22.5 Å². The van der Waals surface area contributed by atoms with Gasteiger partial charge < -0.3 is 19.9 Å². The molecule has 0 saturated heterocycles. The van der Waals surface area contributed by atoms with E-state index in [0.717, 1.165) is 37.6 Å². The quantitative estimate of drug-likeness (QED) is 0.411. The van der Waals surface area contributed by atoms with Crippen LogP contribution < -0.4 is 20.9 Å². The second-order valence-electron chi connectivity index (χ2n) is 6.03. The van der Waals surface area contributed by atoms with Crippen LogP contribution in [0.4, 0.5) is 0 Å². The maximum absolute atomic E-state index is 11.6. The van der Waals surface area contributed by atoms with Crippen LogP contribution in [0.2, 0.25) is 0 Å². The Morgan fingerprint density at radius 1 is 1.08 bits per heavy atom. The van der Waals surface area contributed by atoms with Gasteiger partial charge in [0, 0.05) is 32.4 Å². The number of rotatable bonds is 9. The Kier molecular flexibility index (Phi) is 8.26. The van der Waals surface area contributed by atoms with E-state index in [1.807, 2.05) is 36.5 Å². The predicted molar refractivity (Wildman–Crippen MR) is 106 cm³/mol.